The lowest BCUT2D eigenvalue weighted by Crippen LogP contribution is -2.21. The summed E-state index contributed by atoms with van der Waals surface area (Å²) in [5, 5.41) is 0. The van der Waals surface area contributed by atoms with Crippen LogP contribution in [-0.2, 0) is 6.42 Å². The first-order valence-corrected chi connectivity index (χ1v) is 7.94. The molecule has 0 radical (unpaired) electrons. The molecule has 0 bridgehead atoms. The Bertz CT molecular complexity index is 452. The van der Waals surface area contributed by atoms with Gasteiger partial charge in [-0.15, -0.1) is 0 Å². The normalized spacial score (nSPS) is 12.7. The summed E-state index contributed by atoms with van der Waals surface area (Å²) in [7, 11) is 0. The highest BCUT2D eigenvalue weighted by Gasteiger charge is 2.13. The van der Waals surface area contributed by atoms with Crippen LogP contribution in [0.25, 0.3) is 0 Å². The van der Waals surface area contributed by atoms with Gasteiger partial charge in [-0.2, -0.15) is 0 Å². The van der Waals surface area contributed by atoms with Gasteiger partial charge in [-0.05, 0) is 59.5 Å². The molecule has 0 aromatic heterocycles. The smallest absolute Gasteiger partial charge is 0.175 e. The molecular formula is C15H21BrClNO2. The number of rotatable bonds is 8. The quantitative estimate of drug-likeness (QED) is 0.751. The topological polar surface area (TPSA) is 44.5 Å². The Kier molecular flexibility index (Phi) is 8.04. The monoisotopic (exact) mass is 361 g/mol. The van der Waals surface area contributed by atoms with Gasteiger partial charge in [-0.25, -0.2) is 0 Å². The predicted octanol–water partition coefficient (Wildman–Crippen LogP) is 4.26. The number of hydrogen-bond donors (Lipinski definition) is 1. The molecule has 0 aliphatic heterocycles. The van der Waals surface area contributed by atoms with E-state index < -0.39 is 0 Å². The van der Waals surface area contributed by atoms with Crippen LogP contribution in [0.5, 0.6) is 11.5 Å². The fourth-order valence-electron chi connectivity index (χ4n) is 1.76. The van der Waals surface area contributed by atoms with E-state index in [1.807, 2.05) is 19.1 Å². The van der Waals surface area contributed by atoms with Gasteiger partial charge in [0.2, 0.25) is 0 Å². The molecule has 1 aromatic carbocycles. The second-order valence-electron chi connectivity index (χ2n) is 4.38. The summed E-state index contributed by atoms with van der Waals surface area (Å²) in [5.41, 5.74) is 8.57. The van der Waals surface area contributed by atoms with Gasteiger partial charge >= 0.3 is 0 Å². The van der Waals surface area contributed by atoms with Crippen LogP contribution in [0.2, 0.25) is 0 Å². The second-order valence-corrected chi connectivity index (χ2v) is 5.49. The zero-order valence-electron chi connectivity index (χ0n) is 11.9. The summed E-state index contributed by atoms with van der Waals surface area (Å²) in [6.07, 6.45) is 3.49. The molecule has 1 aromatic rings. The molecule has 0 saturated heterocycles. The summed E-state index contributed by atoms with van der Waals surface area (Å²) >= 11 is 9.02. The van der Waals surface area contributed by atoms with Crippen LogP contribution in [0.1, 0.15) is 25.8 Å². The van der Waals surface area contributed by atoms with Gasteiger partial charge in [0.1, 0.15) is 6.61 Å². The molecule has 1 atom stereocenters. The van der Waals surface area contributed by atoms with Crippen LogP contribution in [0.3, 0.4) is 0 Å². The third kappa shape index (κ3) is 5.35. The average Bonchev–Trinajstić information content (AvgIpc) is 2.42. The van der Waals surface area contributed by atoms with E-state index >= 15 is 0 Å². The van der Waals surface area contributed by atoms with Crippen molar-refractivity contribution in [1.82, 2.24) is 0 Å². The van der Waals surface area contributed by atoms with E-state index in [-0.39, 0.29) is 6.04 Å². The Morgan fingerprint density at radius 3 is 2.70 bits per heavy atom. The summed E-state index contributed by atoms with van der Waals surface area (Å²) in [6.45, 7) is 5.01. The lowest BCUT2D eigenvalue weighted by Gasteiger charge is -2.16. The highest BCUT2D eigenvalue weighted by atomic mass is 79.9. The average molecular weight is 363 g/mol. The maximum atomic E-state index is 6.00. The molecule has 2 N–H and O–H groups in total. The number of benzene rings is 1. The molecule has 0 fully saturated rings. The Labute approximate surface area is 134 Å². The first-order valence-electron chi connectivity index (χ1n) is 6.71. The van der Waals surface area contributed by atoms with Crippen molar-refractivity contribution >= 4 is 27.5 Å². The predicted molar refractivity (Wildman–Crippen MR) is 87.8 cm³/mol. The fraction of sp³-hybridized carbons (Fsp3) is 0.467. The molecule has 5 heteroatoms. The van der Waals surface area contributed by atoms with Crippen LogP contribution in [0.15, 0.2) is 28.2 Å². The molecule has 3 nitrogen and oxygen atoms in total. The molecule has 0 amide bonds. The van der Waals surface area contributed by atoms with Gasteiger partial charge in [-0.3, -0.25) is 0 Å². The van der Waals surface area contributed by atoms with Gasteiger partial charge in [0, 0.05) is 11.6 Å². The SMILES string of the molecule is CCOc1cc(CC(N)CC)cc(Br)c1OC/C=C/Cl. The highest BCUT2D eigenvalue weighted by molar-refractivity contribution is 9.10. The van der Waals surface area contributed by atoms with Gasteiger partial charge in [0.25, 0.3) is 0 Å². The molecule has 1 rings (SSSR count). The van der Waals surface area contributed by atoms with Crippen molar-refractivity contribution in [2.45, 2.75) is 32.7 Å². The Morgan fingerprint density at radius 2 is 2.10 bits per heavy atom. The minimum absolute atomic E-state index is 0.155. The molecule has 1 unspecified atom stereocenters. The number of ether oxygens (including phenoxy) is 2. The minimum Gasteiger partial charge on any atom is -0.490 e. The van der Waals surface area contributed by atoms with Gasteiger partial charge in [0.15, 0.2) is 11.5 Å². The molecule has 0 aliphatic rings. The van der Waals surface area contributed by atoms with E-state index in [2.05, 4.69) is 22.9 Å². The third-order valence-corrected chi connectivity index (χ3v) is 3.57. The summed E-state index contributed by atoms with van der Waals surface area (Å²) in [5.74, 6) is 1.42. The van der Waals surface area contributed by atoms with E-state index in [0.717, 1.165) is 28.6 Å². The number of halogens is 2. The summed E-state index contributed by atoms with van der Waals surface area (Å²) in [4.78, 5) is 0. The lowest BCUT2D eigenvalue weighted by molar-refractivity contribution is 0.295. The Hall–Kier alpha value is -0.710. The van der Waals surface area contributed by atoms with Gasteiger partial charge < -0.3 is 15.2 Å². The van der Waals surface area contributed by atoms with Crippen molar-refractivity contribution < 1.29 is 9.47 Å². The Morgan fingerprint density at radius 1 is 1.35 bits per heavy atom. The summed E-state index contributed by atoms with van der Waals surface area (Å²) < 4.78 is 12.2. The first-order chi connectivity index (χ1) is 9.62. The van der Waals surface area contributed by atoms with E-state index in [0.29, 0.717) is 19.0 Å². The van der Waals surface area contributed by atoms with Crippen LogP contribution in [0.4, 0.5) is 0 Å². The van der Waals surface area contributed by atoms with E-state index in [1.54, 1.807) is 6.08 Å². The van der Waals surface area contributed by atoms with Crippen LogP contribution < -0.4 is 15.2 Å². The molecule has 0 aliphatic carbocycles. The maximum absolute atomic E-state index is 6.00. The number of nitrogens with two attached hydrogens (primary N) is 1. The molecule has 0 saturated carbocycles. The van der Waals surface area contributed by atoms with Crippen molar-refractivity contribution in [2.75, 3.05) is 13.2 Å². The van der Waals surface area contributed by atoms with Crippen LogP contribution in [0, 0.1) is 0 Å². The van der Waals surface area contributed by atoms with E-state index in [1.165, 1.54) is 5.54 Å². The van der Waals surface area contributed by atoms with Crippen molar-refractivity contribution in [3.05, 3.63) is 33.8 Å². The molecule has 112 valence electrons. The third-order valence-electron chi connectivity index (χ3n) is 2.80. The highest BCUT2D eigenvalue weighted by Crippen LogP contribution is 2.37. The van der Waals surface area contributed by atoms with Crippen LogP contribution >= 0.6 is 27.5 Å². The first kappa shape index (κ1) is 17.3. The molecule has 0 heterocycles. The number of hydrogen-bond acceptors (Lipinski definition) is 3. The fourth-order valence-corrected chi connectivity index (χ4v) is 2.43. The van der Waals surface area contributed by atoms with Gasteiger partial charge in [-0.1, -0.05) is 18.5 Å². The van der Waals surface area contributed by atoms with Crippen molar-refractivity contribution in [3.8, 4) is 11.5 Å². The minimum atomic E-state index is 0.155. The maximum Gasteiger partial charge on any atom is 0.175 e. The zero-order chi connectivity index (χ0) is 15.0. The molecular weight excluding hydrogens is 342 g/mol. The van der Waals surface area contributed by atoms with Crippen molar-refractivity contribution in [3.63, 3.8) is 0 Å². The van der Waals surface area contributed by atoms with Crippen LogP contribution in [-0.4, -0.2) is 19.3 Å². The summed E-state index contributed by atoms with van der Waals surface area (Å²) in [6, 6.07) is 4.17. The largest absolute Gasteiger partial charge is 0.490 e. The zero-order valence-corrected chi connectivity index (χ0v) is 14.2. The van der Waals surface area contributed by atoms with Gasteiger partial charge in [0.05, 0.1) is 11.1 Å². The molecule has 20 heavy (non-hydrogen) atoms. The lowest BCUT2D eigenvalue weighted by atomic mass is 10.0. The standard InChI is InChI=1S/C15H21BrClNO2/c1-3-12(18)8-11-9-13(16)15(20-7-5-6-17)14(10-11)19-4-2/h5-6,9-10,12H,3-4,7-8,18H2,1-2H3/b6-5+. The second kappa shape index (κ2) is 9.27. The Balaban J connectivity index is 2.98. The van der Waals surface area contributed by atoms with Crippen molar-refractivity contribution in [1.29, 1.82) is 0 Å². The van der Waals surface area contributed by atoms with Crippen molar-refractivity contribution in [2.24, 2.45) is 5.73 Å². The van der Waals surface area contributed by atoms with E-state index in [4.69, 9.17) is 26.8 Å². The van der Waals surface area contributed by atoms with E-state index in [9.17, 15) is 0 Å². The molecule has 0 spiro atoms.